The van der Waals surface area contributed by atoms with Gasteiger partial charge in [-0.25, -0.2) is 4.79 Å². The molecule has 1 rings (SSSR count). The number of aromatic nitrogens is 1. The van der Waals surface area contributed by atoms with E-state index in [0.29, 0.717) is 4.73 Å². The van der Waals surface area contributed by atoms with E-state index in [0.717, 1.165) is 6.42 Å². The summed E-state index contributed by atoms with van der Waals surface area (Å²) in [5, 5.41) is 21.7. The number of amides is 1. The normalized spacial score (nSPS) is 15.7. The van der Waals surface area contributed by atoms with Crippen molar-refractivity contribution >= 4 is 6.09 Å². The number of hydrogen-bond donors (Lipinski definition) is 3. The fourth-order valence-corrected chi connectivity index (χ4v) is 2.08. The summed E-state index contributed by atoms with van der Waals surface area (Å²) in [6, 6.07) is 2.47. The van der Waals surface area contributed by atoms with Crippen molar-refractivity contribution in [3.05, 3.63) is 12.1 Å². The van der Waals surface area contributed by atoms with Crippen LogP contribution in [-0.4, -0.2) is 26.6 Å². The SMILES string of the molecule is CCC(C)C(C)(NC(=O)On1c(O)ccc1O)C(C)C. The Morgan fingerprint density at radius 3 is 2.25 bits per heavy atom. The van der Waals surface area contributed by atoms with E-state index in [1.807, 2.05) is 20.8 Å². The van der Waals surface area contributed by atoms with Crippen molar-refractivity contribution in [2.24, 2.45) is 11.8 Å². The average molecular weight is 284 g/mol. The molecule has 0 aromatic carbocycles. The van der Waals surface area contributed by atoms with E-state index >= 15 is 0 Å². The van der Waals surface area contributed by atoms with Crippen LogP contribution in [0, 0.1) is 11.8 Å². The fourth-order valence-electron chi connectivity index (χ4n) is 2.08. The van der Waals surface area contributed by atoms with Gasteiger partial charge in [0, 0.05) is 17.7 Å². The first-order valence-corrected chi connectivity index (χ1v) is 6.82. The van der Waals surface area contributed by atoms with Crippen LogP contribution in [0.15, 0.2) is 12.1 Å². The maximum absolute atomic E-state index is 12.0. The van der Waals surface area contributed by atoms with E-state index in [1.54, 1.807) is 0 Å². The minimum atomic E-state index is -0.719. The summed E-state index contributed by atoms with van der Waals surface area (Å²) in [6.45, 7) is 10.1. The van der Waals surface area contributed by atoms with Crippen LogP contribution in [0.25, 0.3) is 0 Å². The predicted octanol–water partition coefficient (Wildman–Crippen LogP) is 2.50. The van der Waals surface area contributed by atoms with Crippen molar-refractivity contribution in [2.75, 3.05) is 0 Å². The first-order valence-electron chi connectivity index (χ1n) is 6.82. The van der Waals surface area contributed by atoms with E-state index in [1.165, 1.54) is 12.1 Å². The highest BCUT2D eigenvalue weighted by molar-refractivity contribution is 5.69. The molecule has 6 nitrogen and oxygen atoms in total. The predicted molar refractivity (Wildman–Crippen MR) is 75.6 cm³/mol. The maximum Gasteiger partial charge on any atom is 0.432 e. The van der Waals surface area contributed by atoms with Crippen molar-refractivity contribution in [1.29, 1.82) is 0 Å². The third-order valence-electron chi connectivity index (χ3n) is 4.18. The zero-order chi connectivity index (χ0) is 15.5. The Hall–Kier alpha value is -1.85. The van der Waals surface area contributed by atoms with Crippen LogP contribution in [0.5, 0.6) is 11.8 Å². The van der Waals surface area contributed by atoms with Gasteiger partial charge in [0.25, 0.3) is 0 Å². The van der Waals surface area contributed by atoms with Gasteiger partial charge in [-0.2, -0.15) is 0 Å². The molecule has 1 amide bonds. The quantitative estimate of drug-likeness (QED) is 0.775. The standard InChI is InChI=1S/C14H24N2O4/c1-6-10(4)14(5,9(2)3)15-13(19)20-16-11(17)7-8-12(16)18/h7-10,17-18H,6H2,1-5H3,(H,15,19). The lowest BCUT2D eigenvalue weighted by Gasteiger charge is -2.39. The summed E-state index contributed by atoms with van der Waals surface area (Å²) in [4.78, 5) is 16.9. The number of nitrogens with zero attached hydrogens (tertiary/aromatic N) is 1. The number of carbonyl (C=O) groups is 1. The van der Waals surface area contributed by atoms with Crippen LogP contribution < -0.4 is 10.2 Å². The van der Waals surface area contributed by atoms with Gasteiger partial charge in [-0.05, 0) is 18.8 Å². The Kier molecular flexibility index (Phi) is 4.92. The maximum atomic E-state index is 12.0. The molecule has 3 N–H and O–H groups in total. The molecule has 0 radical (unpaired) electrons. The van der Waals surface area contributed by atoms with Gasteiger partial charge in [0.05, 0.1) is 0 Å². The molecule has 0 saturated heterocycles. The second kappa shape index (κ2) is 6.07. The Balaban J connectivity index is 2.83. The van der Waals surface area contributed by atoms with Crippen LogP contribution in [0.3, 0.4) is 0 Å². The van der Waals surface area contributed by atoms with Crippen LogP contribution in [0.2, 0.25) is 0 Å². The van der Waals surface area contributed by atoms with E-state index < -0.39 is 11.6 Å². The molecule has 0 spiro atoms. The minimum absolute atomic E-state index is 0.205. The van der Waals surface area contributed by atoms with Crippen molar-refractivity contribution in [2.45, 2.75) is 46.6 Å². The van der Waals surface area contributed by atoms with E-state index in [-0.39, 0.29) is 23.6 Å². The van der Waals surface area contributed by atoms with Crippen molar-refractivity contribution in [3.8, 4) is 11.8 Å². The molecule has 20 heavy (non-hydrogen) atoms. The monoisotopic (exact) mass is 284 g/mol. The molecule has 6 heteroatoms. The lowest BCUT2D eigenvalue weighted by Crippen LogP contribution is -2.55. The molecule has 0 fully saturated rings. The molecule has 114 valence electrons. The van der Waals surface area contributed by atoms with Gasteiger partial charge in [-0.1, -0.05) is 34.1 Å². The highest BCUT2D eigenvalue weighted by atomic mass is 16.7. The molecule has 1 aromatic heterocycles. The van der Waals surface area contributed by atoms with E-state index in [9.17, 15) is 15.0 Å². The van der Waals surface area contributed by atoms with Crippen LogP contribution >= 0.6 is 0 Å². The number of carbonyl (C=O) groups excluding carboxylic acids is 1. The summed E-state index contributed by atoms with van der Waals surface area (Å²) in [6.07, 6.45) is 0.193. The van der Waals surface area contributed by atoms with Crippen molar-refractivity contribution < 1.29 is 19.8 Å². The fraction of sp³-hybridized carbons (Fsp3) is 0.643. The molecular formula is C14H24N2O4. The van der Waals surface area contributed by atoms with Gasteiger partial charge in [-0.3, -0.25) is 0 Å². The molecule has 2 unspecified atom stereocenters. The molecule has 0 aliphatic rings. The average Bonchev–Trinajstić information content (AvgIpc) is 2.69. The van der Waals surface area contributed by atoms with Gasteiger partial charge in [0.15, 0.2) is 0 Å². The Labute approximate surface area is 119 Å². The molecule has 0 aliphatic heterocycles. The van der Waals surface area contributed by atoms with Gasteiger partial charge in [-0.15, -0.1) is 4.73 Å². The van der Waals surface area contributed by atoms with E-state index in [2.05, 4.69) is 19.2 Å². The second-order valence-corrected chi connectivity index (χ2v) is 5.59. The highest BCUT2D eigenvalue weighted by Gasteiger charge is 2.36. The summed E-state index contributed by atoms with van der Waals surface area (Å²) in [5.74, 6) is -0.223. The molecule has 1 heterocycles. The molecule has 1 aromatic rings. The number of aromatic hydroxyl groups is 2. The summed E-state index contributed by atoms with van der Waals surface area (Å²) < 4.78 is 0.673. The van der Waals surface area contributed by atoms with E-state index in [4.69, 9.17) is 4.84 Å². The zero-order valence-corrected chi connectivity index (χ0v) is 12.7. The van der Waals surface area contributed by atoms with Crippen molar-refractivity contribution in [1.82, 2.24) is 10.0 Å². The Bertz CT molecular complexity index is 450. The first-order chi connectivity index (χ1) is 9.22. The number of hydrogen-bond acceptors (Lipinski definition) is 4. The van der Waals surface area contributed by atoms with Crippen molar-refractivity contribution in [3.63, 3.8) is 0 Å². The van der Waals surface area contributed by atoms with Crippen LogP contribution in [0.1, 0.15) is 41.0 Å². The van der Waals surface area contributed by atoms with Crippen LogP contribution in [0.4, 0.5) is 4.79 Å². The Morgan fingerprint density at radius 1 is 1.35 bits per heavy atom. The third-order valence-corrected chi connectivity index (χ3v) is 4.18. The molecule has 0 bridgehead atoms. The topological polar surface area (TPSA) is 83.7 Å². The summed E-state index contributed by atoms with van der Waals surface area (Å²) in [5.41, 5.74) is -0.440. The smallest absolute Gasteiger partial charge is 0.432 e. The zero-order valence-electron chi connectivity index (χ0n) is 12.7. The lowest BCUT2D eigenvalue weighted by atomic mass is 9.76. The summed E-state index contributed by atoms with van der Waals surface area (Å²) in [7, 11) is 0. The second-order valence-electron chi connectivity index (χ2n) is 5.59. The van der Waals surface area contributed by atoms with Gasteiger partial charge < -0.3 is 20.4 Å². The van der Waals surface area contributed by atoms with Gasteiger partial charge >= 0.3 is 6.09 Å². The highest BCUT2D eigenvalue weighted by Crippen LogP contribution is 2.28. The largest absolute Gasteiger partial charge is 0.492 e. The first kappa shape index (κ1) is 16.2. The van der Waals surface area contributed by atoms with Gasteiger partial charge in [0.2, 0.25) is 11.8 Å². The molecule has 0 aliphatic carbocycles. The number of nitrogens with one attached hydrogen (secondary N) is 1. The minimum Gasteiger partial charge on any atom is -0.492 e. The molecule has 0 saturated carbocycles. The third kappa shape index (κ3) is 3.18. The summed E-state index contributed by atoms with van der Waals surface area (Å²) >= 11 is 0. The number of rotatable bonds is 5. The lowest BCUT2D eigenvalue weighted by molar-refractivity contribution is 0.0837. The van der Waals surface area contributed by atoms with Gasteiger partial charge in [0.1, 0.15) is 0 Å². The van der Waals surface area contributed by atoms with Crippen LogP contribution in [-0.2, 0) is 0 Å². The molecular weight excluding hydrogens is 260 g/mol. The molecule has 2 atom stereocenters. The Morgan fingerprint density at radius 2 is 1.85 bits per heavy atom.